The van der Waals surface area contributed by atoms with Crippen molar-refractivity contribution in [1.29, 1.82) is 0 Å². The zero-order valence-electron chi connectivity index (χ0n) is 15.2. The Morgan fingerprint density at radius 1 is 1.10 bits per heavy atom. The van der Waals surface area contributed by atoms with Gasteiger partial charge < -0.3 is 9.47 Å². The summed E-state index contributed by atoms with van der Waals surface area (Å²) in [5, 5.41) is 0.418. The SMILES string of the molecule is Cc1c(OC(=O)c2cccc(Cl)c2)ccc2c1O/C(=C\c1ccccc1F)C2=O. The number of Topliss-reactive ketones (excluding diaryl/α,β-unsaturated/α-hetero) is 1. The Hall–Kier alpha value is -3.44. The molecule has 0 saturated heterocycles. The number of carbonyl (C=O) groups excluding carboxylic acids is 2. The maximum atomic E-state index is 13.9. The minimum atomic E-state index is -0.581. The van der Waals surface area contributed by atoms with Crippen LogP contribution in [0, 0.1) is 12.7 Å². The van der Waals surface area contributed by atoms with Gasteiger partial charge in [-0.05, 0) is 49.4 Å². The summed E-state index contributed by atoms with van der Waals surface area (Å²) in [5.74, 6) is -0.851. The molecule has 144 valence electrons. The Bertz CT molecular complexity index is 1180. The molecule has 3 aromatic carbocycles. The van der Waals surface area contributed by atoms with Crippen molar-refractivity contribution in [2.24, 2.45) is 0 Å². The van der Waals surface area contributed by atoms with Crippen molar-refractivity contribution in [3.05, 3.63) is 99.5 Å². The van der Waals surface area contributed by atoms with Crippen molar-refractivity contribution in [3.8, 4) is 11.5 Å². The van der Waals surface area contributed by atoms with Gasteiger partial charge in [0.2, 0.25) is 5.78 Å². The lowest BCUT2D eigenvalue weighted by molar-refractivity contribution is 0.0733. The first-order valence-corrected chi connectivity index (χ1v) is 9.12. The van der Waals surface area contributed by atoms with Crippen LogP contribution in [0.5, 0.6) is 11.5 Å². The molecule has 0 unspecified atom stereocenters. The normalized spacial score (nSPS) is 13.9. The first kappa shape index (κ1) is 18.9. The third kappa shape index (κ3) is 3.65. The number of fused-ring (bicyclic) bond motifs is 1. The quantitative estimate of drug-likeness (QED) is 0.320. The van der Waals surface area contributed by atoms with Crippen LogP contribution in [-0.2, 0) is 0 Å². The van der Waals surface area contributed by atoms with E-state index in [1.165, 1.54) is 30.3 Å². The molecule has 29 heavy (non-hydrogen) atoms. The van der Waals surface area contributed by atoms with Crippen molar-refractivity contribution < 1.29 is 23.5 Å². The van der Waals surface area contributed by atoms with Crippen LogP contribution in [-0.4, -0.2) is 11.8 Å². The number of allylic oxidation sites excluding steroid dienone is 1. The molecule has 0 bridgehead atoms. The van der Waals surface area contributed by atoms with E-state index in [1.54, 1.807) is 43.3 Å². The Morgan fingerprint density at radius 3 is 2.66 bits per heavy atom. The van der Waals surface area contributed by atoms with Gasteiger partial charge in [0, 0.05) is 16.1 Å². The molecule has 3 aromatic rings. The molecule has 1 aliphatic heterocycles. The number of ether oxygens (including phenoxy) is 2. The zero-order valence-corrected chi connectivity index (χ0v) is 16.0. The second-order valence-corrected chi connectivity index (χ2v) is 6.86. The van der Waals surface area contributed by atoms with Gasteiger partial charge in [-0.3, -0.25) is 4.79 Å². The lowest BCUT2D eigenvalue weighted by Crippen LogP contribution is -2.09. The highest BCUT2D eigenvalue weighted by atomic mass is 35.5. The van der Waals surface area contributed by atoms with Crippen LogP contribution in [0.4, 0.5) is 4.39 Å². The number of hydrogen-bond acceptors (Lipinski definition) is 4. The number of hydrogen-bond donors (Lipinski definition) is 0. The highest BCUT2D eigenvalue weighted by Crippen LogP contribution is 2.39. The van der Waals surface area contributed by atoms with Gasteiger partial charge in [0.1, 0.15) is 17.3 Å². The Balaban J connectivity index is 1.63. The number of esters is 1. The van der Waals surface area contributed by atoms with Crippen LogP contribution in [0.15, 0.2) is 66.4 Å². The average molecular weight is 409 g/mol. The number of benzene rings is 3. The lowest BCUT2D eigenvalue weighted by Gasteiger charge is -2.10. The molecule has 0 fully saturated rings. The van der Waals surface area contributed by atoms with Crippen LogP contribution in [0.3, 0.4) is 0 Å². The molecule has 0 saturated carbocycles. The zero-order chi connectivity index (χ0) is 20.5. The Kier molecular flexibility index (Phi) is 4.91. The molecule has 0 radical (unpaired) electrons. The molecule has 0 atom stereocenters. The molecule has 4 nitrogen and oxygen atoms in total. The molecule has 6 heteroatoms. The highest BCUT2D eigenvalue weighted by molar-refractivity contribution is 6.30. The van der Waals surface area contributed by atoms with Gasteiger partial charge in [-0.1, -0.05) is 35.9 Å². The van der Waals surface area contributed by atoms with E-state index in [-0.39, 0.29) is 28.6 Å². The second-order valence-electron chi connectivity index (χ2n) is 6.43. The van der Waals surface area contributed by atoms with Crippen LogP contribution >= 0.6 is 11.6 Å². The summed E-state index contributed by atoms with van der Waals surface area (Å²) in [7, 11) is 0. The van der Waals surface area contributed by atoms with Crippen molar-refractivity contribution in [1.82, 2.24) is 0 Å². The fraction of sp³-hybridized carbons (Fsp3) is 0.0435. The first-order valence-electron chi connectivity index (χ1n) is 8.74. The van der Waals surface area contributed by atoms with Crippen molar-refractivity contribution in [2.45, 2.75) is 6.92 Å². The molecule has 0 N–H and O–H groups in total. The van der Waals surface area contributed by atoms with E-state index >= 15 is 0 Å². The molecular formula is C23H14ClFO4. The van der Waals surface area contributed by atoms with Crippen molar-refractivity contribution in [3.63, 3.8) is 0 Å². The third-order valence-electron chi connectivity index (χ3n) is 4.49. The molecule has 0 amide bonds. The third-order valence-corrected chi connectivity index (χ3v) is 4.73. The molecule has 1 aliphatic rings. The lowest BCUT2D eigenvalue weighted by atomic mass is 10.1. The summed E-state index contributed by atoms with van der Waals surface area (Å²) in [4.78, 5) is 25.0. The minimum absolute atomic E-state index is 0.00603. The van der Waals surface area contributed by atoms with Crippen LogP contribution in [0.25, 0.3) is 6.08 Å². The van der Waals surface area contributed by atoms with Gasteiger partial charge in [-0.2, -0.15) is 0 Å². The summed E-state index contributed by atoms with van der Waals surface area (Å²) < 4.78 is 25.0. The van der Waals surface area contributed by atoms with Gasteiger partial charge >= 0.3 is 5.97 Å². The van der Waals surface area contributed by atoms with E-state index in [9.17, 15) is 14.0 Å². The predicted octanol–water partition coefficient (Wildman–Crippen LogP) is 5.62. The molecule has 0 spiro atoms. The van der Waals surface area contributed by atoms with Gasteiger partial charge in [0.05, 0.1) is 11.1 Å². The van der Waals surface area contributed by atoms with Crippen LogP contribution in [0.1, 0.15) is 31.8 Å². The number of rotatable bonds is 3. The van der Waals surface area contributed by atoms with E-state index in [0.717, 1.165) is 0 Å². The van der Waals surface area contributed by atoms with Gasteiger partial charge in [0.15, 0.2) is 5.76 Å². The average Bonchev–Trinajstić information content (AvgIpc) is 3.02. The van der Waals surface area contributed by atoms with Crippen molar-refractivity contribution in [2.75, 3.05) is 0 Å². The Morgan fingerprint density at radius 2 is 1.90 bits per heavy atom. The summed E-state index contributed by atoms with van der Waals surface area (Å²) in [6.07, 6.45) is 1.36. The molecule has 0 aromatic heterocycles. The van der Waals surface area contributed by atoms with E-state index in [2.05, 4.69) is 0 Å². The predicted molar refractivity (Wildman–Crippen MR) is 107 cm³/mol. The van der Waals surface area contributed by atoms with E-state index < -0.39 is 11.8 Å². The monoisotopic (exact) mass is 408 g/mol. The van der Waals surface area contributed by atoms with Gasteiger partial charge in [-0.25, -0.2) is 9.18 Å². The van der Waals surface area contributed by atoms with E-state index in [0.29, 0.717) is 21.7 Å². The summed E-state index contributed by atoms with van der Waals surface area (Å²) in [6, 6.07) is 15.5. The largest absolute Gasteiger partial charge is 0.452 e. The van der Waals surface area contributed by atoms with Crippen LogP contribution in [0.2, 0.25) is 5.02 Å². The maximum absolute atomic E-state index is 13.9. The first-order chi connectivity index (χ1) is 13.9. The molecule has 0 aliphatic carbocycles. The fourth-order valence-corrected chi connectivity index (χ4v) is 3.18. The molecule has 4 rings (SSSR count). The van der Waals surface area contributed by atoms with E-state index in [4.69, 9.17) is 21.1 Å². The molecular weight excluding hydrogens is 395 g/mol. The second kappa shape index (κ2) is 7.53. The van der Waals surface area contributed by atoms with Crippen LogP contribution < -0.4 is 9.47 Å². The maximum Gasteiger partial charge on any atom is 0.343 e. The summed E-state index contributed by atoms with van der Waals surface area (Å²) in [5.41, 5.74) is 1.36. The Labute approximate surface area is 171 Å². The molecule has 1 heterocycles. The standard InChI is InChI=1S/C23H14ClFO4/c1-13-19(29-23(27)15-6-4-7-16(24)11-15)10-9-17-21(26)20(28-22(13)17)12-14-5-2-3-8-18(14)25/h2-12H,1H3/b20-12-. The number of halogens is 2. The van der Waals surface area contributed by atoms with Gasteiger partial charge in [-0.15, -0.1) is 0 Å². The van der Waals surface area contributed by atoms with E-state index in [1.807, 2.05) is 0 Å². The number of ketones is 1. The highest BCUT2D eigenvalue weighted by Gasteiger charge is 2.30. The minimum Gasteiger partial charge on any atom is -0.452 e. The summed E-state index contributed by atoms with van der Waals surface area (Å²) >= 11 is 5.91. The fourth-order valence-electron chi connectivity index (χ4n) is 2.99. The topological polar surface area (TPSA) is 52.6 Å². The number of carbonyl (C=O) groups is 2. The van der Waals surface area contributed by atoms with Crippen molar-refractivity contribution >= 4 is 29.4 Å². The summed E-state index contributed by atoms with van der Waals surface area (Å²) in [6.45, 7) is 1.68. The van der Waals surface area contributed by atoms with Gasteiger partial charge in [0.25, 0.3) is 0 Å². The smallest absolute Gasteiger partial charge is 0.343 e.